The Balaban J connectivity index is 2.92. The van der Waals surface area contributed by atoms with E-state index in [1.807, 2.05) is 0 Å². The van der Waals surface area contributed by atoms with Gasteiger partial charge in [-0.1, -0.05) is 0 Å². The number of nitrogens with zero attached hydrogens (tertiary/aromatic N) is 2. The summed E-state index contributed by atoms with van der Waals surface area (Å²) in [6, 6.07) is 0. The highest BCUT2D eigenvalue weighted by Crippen LogP contribution is 2.16. The van der Waals surface area contributed by atoms with Gasteiger partial charge in [-0.3, -0.25) is 4.68 Å². The monoisotopic (exact) mass is 264 g/mol. The van der Waals surface area contributed by atoms with E-state index in [1.54, 1.807) is 6.92 Å². The van der Waals surface area contributed by atoms with Gasteiger partial charge in [0.05, 0.1) is 23.8 Å². The van der Waals surface area contributed by atoms with Gasteiger partial charge in [-0.25, -0.2) is 9.18 Å². The average Bonchev–Trinajstić information content (AvgIpc) is 2.48. The second-order valence-electron chi connectivity index (χ2n) is 2.47. The van der Waals surface area contributed by atoms with Crippen LogP contribution < -0.4 is 0 Å². The first-order chi connectivity index (χ1) is 6.70. The predicted molar refractivity (Wildman–Crippen MR) is 51.9 cm³/mol. The lowest BCUT2D eigenvalue weighted by Gasteiger charge is -2.04. The van der Waals surface area contributed by atoms with Crippen molar-refractivity contribution < 1.29 is 13.9 Å². The van der Waals surface area contributed by atoms with Crippen molar-refractivity contribution in [2.75, 3.05) is 13.3 Å². The highest BCUT2D eigenvalue weighted by atomic mass is 79.9. The zero-order valence-electron chi connectivity index (χ0n) is 7.67. The lowest BCUT2D eigenvalue weighted by Crippen LogP contribution is -2.14. The number of hydrogen-bond acceptors (Lipinski definition) is 3. The van der Waals surface area contributed by atoms with Crippen LogP contribution in [0, 0.1) is 0 Å². The molecule has 0 aromatic carbocycles. The van der Waals surface area contributed by atoms with Crippen LogP contribution in [0.4, 0.5) is 4.39 Å². The fourth-order valence-corrected chi connectivity index (χ4v) is 1.47. The molecule has 0 atom stereocenters. The molecular formula is C8H10BrFN2O2. The minimum atomic E-state index is -0.569. The van der Waals surface area contributed by atoms with Crippen LogP contribution in [0.3, 0.4) is 0 Å². The first-order valence-corrected chi connectivity index (χ1v) is 4.94. The van der Waals surface area contributed by atoms with Crippen molar-refractivity contribution in [3.8, 4) is 0 Å². The van der Waals surface area contributed by atoms with E-state index in [9.17, 15) is 9.18 Å². The molecule has 0 amide bonds. The van der Waals surface area contributed by atoms with Gasteiger partial charge >= 0.3 is 5.97 Å². The van der Waals surface area contributed by atoms with E-state index < -0.39 is 12.6 Å². The van der Waals surface area contributed by atoms with Gasteiger partial charge < -0.3 is 4.74 Å². The van der Waals surface area contributed by atoms with E-state index in [0.717, 1.165) is 0 Å². The maximum absolute atomic E-state index is 12.1. The Labute approximate surface area is 89.2 Å². The van der Waals surface area contributed by atoms with Crippen LogP contribution in [0.25, 0.3) is 0 Å². The molecule has 14 heavy (non-hydrogen) atoms. The Hall–Kier alpha value is -0.910. The molecule has 0 saturated heterocycles. The van der Waals surface area contributed by atoms with Gasteiger partial charge in [0, 0.05) is 0 Å². The zero-order valence-corrected chi connectivity index (χ0v) is 9.25. The molecule has 0 bridgehead atoms. The van der Waals surface area contributed by atoms with Crippen molar-refractivity contribution in [3.05, 3.63) is 16.4 Å². The van der Waals surface area contributed by atoms with Gasteiger partial charge in [0.2, 0.25) is 0 Å². The van der Waals surface area contributed by atoms with Gasteiger partial charge in [0.1, 0.15) is 6.67 Å². The second kappa shape index (κ2) is 5.09. The van der Waals surface area contributed by atoms with Crippen LogP contribution in [-0.2, 0) is 11.3 Å². The minimum Gasteiger partial charge on any atom is -0.461 e. The van der Waals surface area contributed by atoms with Crippen LogP contribution in [-0.4, -0.2) is 29.0 Å². The van der Waals surface area contributed by atoms with Crippen LogP contribution in [0.15, 0.2) is 10.7 Å². The van der Waals surface area contributed by atoms with E-state index in [-0.39, 0.29) is 18.8 Å². The molecule has 6 heteroatoms. The molecule has 0 spiro atoms. The van der Waals surface area contributed by atoms with Gasteiger partial charge in [-0.05, 0) is 22.9 Å². The Morgan fingerprint density at radius 2 is 2.50 bits per heavy atom. The van der Waals surface area contributed by atoms with Crippen LogP contribution in [0.1, 0.15) is 17.4 Å². The van der Waals surface area contributed by atoms with Gasteiger partial charge in [0.15, 0.2) is 5.69 Å². The Morgan fingerprint density at radius 3 is 3.07 bits per heavy atom. The molecule has 0 aliphatic heterocycles. The summed E-state index contributed by atoms with van der Waals surface area (Å²) in [6.07, 6.45) is 1.45. The number of rotatable bonds is 4. The summed E-state index contributed by atoms with van der Waals surface area (Å²) in [5, 5.41) is 3.84. The molecule has 0 unspecified atom stereocenters. The van der Waals surface area contributed by atoms with Crippen molar-refractivity contribution in [2.24, 2.45) is 0 Å². The molecular weight excluding hydrogens is 255 g/mol. The number of aromatic nitrogens is 2. The summed E-state index contributed by atoms with van der Waals surface area (Å²) in [5.41, 5.74) is 0.254. The van der Waals surface area contributed by atoms with Crippen LogP contribution in [0.5, 0.6) is 0 Å². The third-order valence-corrected chi connectivity index (χ3v) is 2.14. The summed E-state index contributed by atoms with van der Waals surface area (Å²) >= 11 is 3.15. The normalized spacial score (nSPS) is 10.2. The predicted octanol–water partition coefficient (Wildman–Crippen LogP) is 1.79. The van der Waals surface area contributed by atoms with Crippen molar-refractivity contribution in [2.45, 2.75) is 13.5 Å². The molecule has 0 radical (unpaired) electrons. The second-order valence-corrected chi connectivity index (χ2v) is 3.33. The van der Waals surface area contributed by atoms with E-state index >= 15 is 0 Å². The minimum absolute atomic E-state index is 0.0553. The van der Waals surface area contributed by atoms with E-state index in [4.69, 9.17) is 4.74 Å². The Bertz CT molecular complexity index is 327. The molecule has 0 aliphatic carbocycles. The third-order valence-electron chi connectivity index (χ3n) is 1.56. The lowest BCUT2D eigenvalue weighted by atomic mass is 10.4. The summed E-state index contributed by atoms with van der Waals surface area (Å²) in [6.45, 7) is 1.48. The first-order valence-electron chi connectivity index (χ1n) is 4.15. The maximum atomic E-state index is 12.1. The van der Waals surface area contributed by atoms with E-state index in [1.165, 1.54) is 10.9 Å². The molecule has 0 aliphatic rings. The number of halogens is 2. The van der Waals surface area contributed by atoms with Crippen molar-refractivity contribution >= 4 is 21.9 Å². The molecule has 1 aromatic heterocycles. The fraction of sp³-hybridized carbons (Fsp3) is 0.500. The van der Waals surface area contributed by atoms with Crippen molar-refractivity contribution in [1.29, 1.82) is 0 Å². The van der Waals surface area contributed by atoms with Gasteiger partial charge in [-0.15, -0.1) is 0 Å². The first kappa shape index (κ1) is 11.2. The molecule has 0 fully saturated rings. The fourth-order valence-electron chi connectivity index (χ4n) is 1.01. The molecule has 0 N–H and O–H groups in total. The molecule has 1 heterocycles. The average molecular weight is 265 g/mol. The molecule has 1 aromatic rings. The number of ether oxygens (including phenoxy) is 1. The summed E-state index contributed by atoms with van der Waals surface area (Å²) in [4.78, 5) is 11.4. The van der Waals surface area contributed by atoms with E-state index in [2.05, 4.69) is 21.0 Å². The van der Waals surface area contributed by atoms with Crippen LogP contribution in [0.2, 0.25) is 0 Å². The number of esters is 1. The Morgan fingerprint density at radius 1 is 1.79 bits per heavy atom. The lowest BCUT2D eigenvalue weighted by molar-refractivity contribution is 0.0510. The Kier molecular flexibility index (Phi) is 4.06. The van der Waals surface area contributed by atoms with Gasteiger partial charge in [0.25, 0.3) is 0 Å². The largest absolute Gasteiger partial charge is 0.461 e. The zero-order chi connectivity index (χ0) is 10.6. The van der Waals surface area contributed by atoms with Gasteiger partial charge in [-0.2, -0.15) is 5.10 Å². The maximum Gasteiger partial charge on any atom is 0.357 e. The summed E-state index contributed by atoms with van der Waals surface area (Å²) in [5.74, 6) is -0.495. The molecule has 4 nitrogen and oxygen atoms in total. The number of alkyl halides is 1. The standard InChI is InChI=1S/C8H10BrFN2O2/c1-2-14-8(13)7-6(9)5-11-12(7)4-3-10/h5H,2-4H2,1H3. The van der Waals surface area contributed by atoms with Crippen molar-refractivity contribution in [3.63, 3.8) is 0 Å². The number of aryl methyl sites for hydroxylation is 1. The SMILES string of the molecule is CCOC(=O)c1c(Br)cnn1CCF. The quantitative estimate of drug-likeness (QED) is 0.779. The van der Waals surface area contributed by atoms with E-state index in [0.29, 0.717) is 4.47 Å². The molecule has 1 rings (SSSR count). The topological polar surface area (TPSA) is 44.1 Å². The highest BCUT2D eigenvalue weighted by Gasteiger charge is 2.17. The number of carbonyl (C=O) groups is 1. The molecule has 0 saturated carbocycles. The third kappa shape index (κ3) is 2.31. The summed E-state index contributed by atoms with van der Waals surface area (Å²) < 4.78 is 18.7. The number of carbonyl (C=O) groups excluding carboxylic acids is 1. The number of hydrogen-bond donors (Lipinski definition) is 0. The van der Waals surface area contributed by atoms with Crippen molar-refractivity contribution in [1.82, 2.24) is 9.78 Å². The molecule has 78 valence electrons. The smallest absolute Gasteiger partial charge is 0.357 e. The highest BCUT2D eigenvalue weighted by molar-refractivity contribution is 9.10. The summed E-state index contributed by atoms with van der Waals surface area (Å²) in [7, 11) is 0. The van der Waals surface area contributed by atoms with Crippen LogP contribution >= 0.6 is 15.9 Å².